The summed E-state index contributed by atoms with van der Waals surface area (Å²) >= 11 is 0. The first-order chi connectivity index (χ1) is 6.65. The van der Waals surface area contributed by atoms with Crippen LogP contribution < -0.4 is 0 Å². The second-order valence-electron chi connectivity index (χ2n) is 3.37. The molecular weight excluding hydrogens is 188 g/mol. The highest BCUT2D eigenvalue weighted by atomic mass is 16.7. The average Bonchev–Trinajstić information content (AvgIpc) is 2.21. The second kappa shape index (κ2) is 5.04. The molecular formula is C9H18O5. The van der Waals surface area contributed by atoms with E-state index in [1.165, 1.54) is 14.2 Å². The average molecular weight is 206 g/mol. The van der Waals surface area contributed by atoms with E-state index in [1.807, 2.05) is 6.92 Å². The number of aliphatic hydroxyl groups excluding tert-OH is 2. The van der Waals surface area contributed by atoms with Crippen LogP contribution >= 0.6 is 0 Å². The van der Waals surface area contributed by atoms with Gasteiger partial charge in [0.15, 0.2) is 6.29 Å². The molecule has 0 aromatic heterocycles. The van der Waals surface area contributed by atoms with E-state index in [0.717, 1.165) is 0 Å². The van der Waals surface area contributed by atoms with Crippen molar-refractivity contribution in [2.75, 3.05) is 14.2 Å². The van der Waals surface area contributed by atoms with Crippen molar-refractivity contribution >= 4 is 0 Å². The van der Waals surface area contributed by atoms with Crippen LogP contribution in [0.3, 0.4) is 0 Å². The van der Waals surface area contributed by atoms with Crippen LogP contribution in [0.15, 0.2) is 0 Å². The topological polar surface area (TPSA) is 68.2 Å². The lowest BCUT2D eigenvalue weighted by Crippen LogP contribution is -2.58. The monoisotopic (exact) mass is 206 g/mol. The second-order valence-corrected chi connectivity index (χ2v) is 3.37. The minimum Gasteiger partial charge on any atom is -0.387 e. The van der Waals surface area contributed by atoms with E-state index < -0.39 is 24.6 Å². The Morgan fingerprint density at radius 2 is 1.79 bits per heavy atom. The Labute approximate surface area is 83.6 Å². The van der Waals surface area contributed by atoms with Crippen molar-refractivity contribution in [2.45, 2.75) is 44.1 Å². The maximum atomic E-state index is 9.71. The van der Waals surface area contributed by atoms with Gasteiger partial charge < -0.3 is 24.4 Å². The van der Waals surface area contributed by atoms with Crippen molar-refractivity contribution in [1.29, 1.82) is 0 Å². The Kier molecular flexibility index (Phi) is 4.28. The third-order valence-electron chi connectivity index (χ3n) is 2.55. The Morgan fingerprint density at radius 1 is 1.14 bits per heavy atom. The molecule has 5 nitrogen and oxygen atoms in total. The summed E-state index contributed by atoms with van der Waals surface area (Å²) in [5.41, 5.74) is 0. The molecule has 0 amide bonds. The van der Waals surface area contributed by atoms with Crippen LogP contribution in [0.5, 0.6) is 0 Å². The van der Waals surface area contributed by atoms with Crippen LogP contribution in [0.25, 0.3) is 0 Å². The van der Waals surface area contributed by atoms with Gasteiger partial charge in [-0.1, -0.05) is 6.92 Å². The molecule has 14 heavy (non-hydrogen) atoms. The minimum atomic E-state index is -1.06. The molecule has 5 atom stereocenters. The fourth-order valence-electron chi connectivity index (χ4n) is 1.72. The Bertz CT molecular complexity index is 173. The molecule has 2 unspecified atom stereocenters. The first kappa shape index (κ1) is 11.9. The molecule has 5 heteroatoms. The van der Waals surface area contributed by atoms with Crippen molar-refractivity contribution in [3.05, 3.63) is 0 Å². The van der Waals surface area contributed by atoms with Gasteiger partial charge in [-0.15, -0.1) is 0 Å². The molecule has 1 fully saturated rings. The number of hydrogen-bond donors (Lipinski definition) is 2. The molecule has 0 aliphatic carbocycles. The first-order valence-electron chi connectivity index (χ1n) is 4.72. The number of hydrogen-bond acceptors (Lipinski definition) is 5. The summed E-state index contributed by atoms with van der Waals surface area (Å²) in [6, 6.07) is 0. The van der Waals surface area contributed by atoms with Gasteiger partial charge in [0.25, 0.3) is 0 Å². The lowest BCUT2D eigenvalue weighted by molar-refractivity contribution is -0.293. The minimum absolute atomic E-state index is 0.247. The molecule has 2 N–H and O–H groups in total. The van der Waals surface area contributed by atoms with Crippen LogP contribution in [-0.4, -0.2) is 55.1 Å². The van der Waals surface area contributed by atoms with E-state index in [2.05, 4.69) is 0 Å². The summed E-state index contributed by atoms with van der Waals surface area (Å²) in [7, 11) is 2.92. The number of aliphatic hydroxyl groups is 2. The number of ether oxygens (including phenoxy) is 3. The van der Waals surface area contributed by atoms with Crippen LogP contribution in [0.2, 0.25) is 0 Å². The van der Waals surface area contributed by atoms with Crippen LogP contribution in [0.1, 0.15) is 13.3 Å². The summed E-state index contributed by atoms with van der Waals surface area (Å²) in [5, 5.41) is 19.3. The molecule has 0 bridgehead atoms. The quantitative estimate of drug-likeness (QED) is 0.652. The maximum Gasteiger partial charge on any atom is 0.186 e. The summed E-state index contributed by atoms with van der Waals surface area (Å²) in [4.78, 5) is 0. The Hall–Kier alpha value is -0.200. The van der Waals surface area contributed by atoms with Gasteiger partial charge >= 0.3 is 0 Å². The van der Waals surface area contributed by atoms with Crippen molar-refractivity contribution < 1.29 is 24.4 Å². The summed E-state index contributed by atoms with van der Waals surface area (Å²) < 4.78 is 15.4. The Morgan fingerprint density at radius 3 is 2.21 bits per heavy atom. The summed E-state index contributed by atoms with van der Waals surface area (Å²) in [5.74, 6) is 0. The van der Waals surface area contributed by atoms with Gasteiger partial charge in [0.2, 0.25) is 0 Å². The van der Waals surface area contributed by atoms with Crippen LogP contribution in [0, 0.1) is 0 Å². The number of rotatable bonds is 3. The van der Waals surface area contributed by atoms with Gasteiger partial charge in [-0.25, -0.2) is 0 Å². The molecule has 0 saturated carbocycles. The lowest BCUT2D eigenvalue weighted by atomic mass is 9.97. The zero-order valence-corrected chi connectivity index (χ0v) is 8.71. The molecule has 1 rings (SSSR count). The zero-order chi connectivity index (χ0) is 10.7. The summed E-state index contributed by atoms with van der Waals surface area (Å²) in [6.07, 6.45) is -2.86. The van der Waals surface area contributed by atoms with Gasteiger partial charge in [-0.3, -0.25) is 0 Å². The smallest absolute Gasteiger partial charge is 0.186 e. The predicted octanol–water partition coefficient (Wildman–Crippen LogP) is -0.496. The largest absolute Gasteiger partial charge is 0.387 e. The third-order valence-corrected chi connectivity index (χ3v) is 2.55. The molecule has 1 saturated heterocycles. The molecule has 0 aromatic carbocycles. The van der Waals surface area contributed by atoms with Gasteiger partial charge in [0.05, 0.1) is 6.10 Å². The van der Waals surface area contributed by atoms with E-state index in [-0.39, 0.29) is 6.10 Å². The summed E-state index contributed by atoms with van der Waals surface area (Å²) in [6.45, 7) is 1.92. The third kappa shape index (κ3) is 2.07. The van der Waals surface area contributed by atoms with Gasteiger partial charge in [-0.05, 0) is 6.42 Å². The van der Waals surface area contributed by atoms with E-state index >= 15 is 0 Å². The molecule has 0 aromatic rings. The zero-order valence-electron chi connectivity index (χ0n) is 8.71. The fourth-order valence-corrected chi connectivity index (χ4v) is 1.72. The van der Waals surface area contributed by atoms with Crippen LogP contribution in [-0.2, 0) is 14.2 Å². The lowest BCUT2D eigenvalue weighted by Gasteiger charge is -2.41. The SMILES string of the molecule is CCC1OC(OC)[C@@H](O)[C@@H](O)[C@@H]1OC. The normalized spacial score (nSPS) is 43.9. The van der Waals surface area contributed by atoms with E-state index in [1.54, 1.807) is 0 Å². The highest BCUT2D eigenvalue weighted by Gasteiger charge is 2.44. The van der Waals surface area contributed by atoms with Gasteiger partial charge in [0, 0.05) is 14.2 Å². The van der Waals surface area contributed by atoms with Crippen molar-refractivity contribution in [2.24, 2.45) is 0 Å². The van der Waals surface area contributed by atoms with Crippen molar-refractivity contribution in [3.63, 3.8) is 0 Å². The van der Waals surface area contributed by atoms with Crippen molar-refractivity contribution in [1.82, 2.24) is 0 Å². The van der Waals surface area contributed by atoms with Gasteiger partial charge in [0.1, 0.15) is 18.3 Å². The van der Waals surface area contributed by atoms with Crippen molar-refractivity contribution in [3.8, 4) is 0 Å². The Balaban J connectivity index is 2.71. The first-order valence-corrected chi connectivity index (χ1v) is 4.72. The van der Waals surface area contributed by atoms with Gasteiger partial charge in [-0.2, -0.15) is 0 Å². The molecule has 84 valence electrons. The highest BCUT2D eigenvalue weighted by molar-refractivity contribution is 4.89. The molecule has 1 aliphatic rings. The van der Waals surface area contributed by atoms with E-state index in [9.17, 15) is 10.2 Å². The maximum absolute atomic E-state index is 9.71. The molecule has 1 aliphatic heterocycles. The molecule has 1 heterocycles. The standard InChI is InChI=1S/C9H18O5/c1-4-5-8(12-2)6(10)7(11)9(13-3)14-5/h5-11H,4H2,1-3H3/t5?,6-,7+,8-,9?/m1/s1. The fraction of sp³-hybridized carbons (Fsp3) is 1.00. The van der Waals surface area contributed by atoms with Crippen LogP contribution in [0.4, 0.5) is 0 Å². The van der Waals surface area contributed by atoms with E-state index in [0.29, 0.717) is 6.42 Å². The van der Waals surface area contributed by atoms with E-state index in [4.69, 9.17) is 14.2 Å². The molecule has 0 spiro atoms. The number of methoxy groups -OCH3 is 2. The predicted molar refractivity (Wildman–Crippen MR) is 48.8 cm³/mol. The molecule has 0 radical (unpaired) electrons. The highest BCUT2D eigenvalue weighted by Crippen LogP contribution is 2.25.